The second kappa shape index (κ2) is 8.18. The summed E-state index contributed by atoms with van der Waals surface area (Å²) in [6.07, 6.45) is 2.76. The Morgan fingerprint density at radius 3 is 2.69 bits per heavy atom. The van der Waals surface area contributed by atoms with Crippen molar-refractivity contribution in [1.29, 1.82) is 0 Å². The molecule has 4 aliphatic rings. The van der Waals surface area contributed by atoms with Crippen LogP contribution in [0.4, 0.5) is 10.1 Å². The molecule has 5 rings (SSSR count). The molecule has 0 aromatic heterocycles. The van der Waals surface area contributed by atoms with Gasteiger partial charge in [0.2, 0.25) is 0 Å². The third-order valence-electron chi connectivity index (χ3n) is 6.85. The largest absolute Gasteiger partial charge is 0.396 e. The van der Waals surface area contributed by atoms with E-state index in [2.05, 4.69) is 21.1 Å². The average molecular weight is 442 g/mol. The number of hydrogen-bond donors (Lipinski definition) is 5. The van der Waals surface area contributed by atoms with Crippen molar-refractivity contribution in [2.24, 2.45) is 16.6 Å². The smallest absolute Gasteiger partial charge is 0.198 e. The summed E-state index contributed by atoms with van der Waals surface area (Å²) in [7, 11) is 4.02. The van der Waals surface area contributed by atoms with Crippen LogP contribution < -0.4 is 27.6 Å². The summed E-state index contributed by atoms with van der Waals surface area (Å²) in [5, 5.41) is 11.1. The molecule has 0 bridgehead atoms. The number of hydrazine groups is 2. The van der Waals surface area contributed by atoms with Gasteiger partial charge in [0.15, 0.2) is 5.96 Å². The van der Waals surface area contributed by atoms with Crippen LogP contribution in [0.25, 0.3) is 5.70 Å². The van der Waals surface area contributed by atoms with Crippen LogP contribution in [0.3, 0.4) is 0 Å². The van der Waals surface area contributed by atoms with Gasteiger partial charge in [-0.3, -0.25) is 10.0 Å². The monoisotopic (exact) mass is 441 g/mol. The molecule has 9 nitrogen and oxygen atoms in total. The minimum Gasteiger partial charge on any atom is -0.396 e. The van der Waals surface area contributed by atoms with Gasteiger partial charge >= 0.3 is 0 Å². The van der Waals surface area contributed by atoms with Crippen molar-refractivity contribution in [2.45, 2.75) is 25.3 Å². The van der Waals surface area contributed by atoms with Crippen molar-refractivity contribution < 1.29 is 4.39 Å². The second-order valence-electron chi connectivity index (χ2n) is 9.02. The first-order valence-electron chi connectivity index (χ1n) is 11.2. The number of piperidine rings is 1. The Hall–Kier alpha value is -2.98. The number of rotatable bonds is 2. The van der Waals surface area contributed by atoms with E-state index < -0.39 is 5.82 Å². The number of aliphatic imine (C=N–C) groups is 1. The Balaban J connectivity index is 1.46. The molecule has 1 aromatic rings. The number of nitrogens with one attached hydrogen (secondary N) is 3. The number of guanidine groups is 1. The van der Waals surface area contributed by atoms with Crippen LogP contribution in [-0.2, 0) is 0 Å². The number of nitrogens with two attached hydrogens (primary N) is 2. The van der Waals surface area contributed by atoms with Gasteiger partial charge in [-0.1, -0.05) is 6.07 Å². The van der Waals surface area contributed by atoms with E-state index in [9.17, 15) is 4.39 Å². The molecule has 1 fully saturated rings. The van der Waals surface area contributed by atoms with E-state index in [4.69, 9.17) is 16.5 Å². The molecule has 32 heavy (non-hydrogen) atoms. The third kappa shape index (κ3) is 3.73. The fourth-order valence-electron chi connectivity index (χ4n) is 4.95. The summed E-state index contributed by atoms with van der Waals surface area (Å²) in [5.74, 6) is 1.77. The van der Waals surface area contributed by atoms with Crippen molar-refractivity contribution in [1.82, 2.24) is 31.1 Å². The van der Waals surface area contributed by atoms with Crippen molar-refractivity contribution in [3.63, 3.8) is 0 Å². The van der Waals surface area contributed by atoms with Crippen LogP contribution in [-0.4, -0.2) is 67.2 Å². The standard InChI is InChI=1S/C22H32FN9/c1-30-19-10-14(11-26-21(19)31(2)29-30)16-12-27-22(32-7-5-15(24)6-8-32)28-20(16)13-3-4-18(25)17(23)9-13/h3-4,9,14-15,26,29H,5-8,10-12,24-25H2,1-2H3,(H,27,28). The zero-order chi connectivity index (χ0) is 22.4. The quantitative estimate of drug-likeness (QED) is 0.424. The van der Waals surface area contributed by atoms with Crippen LogP contribution in [0.2, 0.25) is 0 Å². The SMILES string of the molecule is CN1NN(C)C2=C1CC(C1=C(c3ccc(N)c(F)c3)NC(N3CCC(N)CC3)=NC1)CN2. The fourth-order valence-corrected chi connectivity index (χ4v) is 4.95. The summed E-state index contributed by atoms with van der Waals surface area (Å²) in [5.41, 5.74) is 19.4. The highest BCUT2D eigenvalue weighted by atomic mass is 19.1. The molecule has 172 valence electrons. The van der Waals surface area contributed by atoms with E-state index in [1.807, 2.05) is 30.2 Å². The van der Waals surface area contributed by atoms with Crippen molar-refractivity contribution in [3.05, 3.63) is 46.7 Å². The number of likely N-dealkylation sites (tertiary alicyclic amines) is 1. The molecule has 4 heterocycles. The van der Waals surface area contributed by atoms with Gasteiger partial charge in [-0.2, -0.15) is 0 Å². The van der Waals surface area contributed by atoms with Crippen LogP contribution in [0.15, 0.2) is 40.3 Å². The molecule has 1 unspecified atom stereocenters. The molecule has 0 radical (unpaired) electrons. The zero-order valence-electron chi connectivity index (χ0n) is 18.7. The van der Waals surface area contributed by atoms with E-state index in [1.54, 1.807) is 6.07 Å². The number of nitrogens with zero attached hydrogens (tertiary/aromatic N) is 4. The van der Waals surface area contributed by atoms with Crippen LogP contribution in [0.1, 0.15) is 24.8 Å². The lowest BCUT2D eigenvalue weighted by Crippen LogP contribution is -2.49. The maximum absolute atomic E-state index is 14.4. The molecule has 1 aromatic carbocycles. The van der Waals surface area contributed by atoms with E-state index in [1.165, 1.54) is 17.3 Å². The lowest BCUT2D eigenvalue weighted by atomic mass is 9.87. The molecule has 0 spiro atoms. The summed E-state index contributed by atoms with van der Waals surface area (Å²) in [6.45, 7) is 3.11. The number of nitrogen functional groups attached to an aromatic ring is 1. The molecule has 1 saturated heterocycles. The summed E-state index contributed by atoms with van der Waals surface area (Å²) in [4.78, 5) is 7.15. The minimum atomic E-state index is -0.405. The van der Waals surface area contributed by atoms with Crippen molar-refractivity contribution in [2.75, 3.05) is 46.0 Å². The highest BCUT2D eigenvalue weighted by Crippen LogP contribution is 2.35. The number of anilines is 1. The number of halogens is 1. The summed E-state index contributed by atoms with van der Waals surface area (Å²) >= 11 is 0. The Labute approximate surface area is 187 Å². The first-order chi connectivity index (χ1) is 15.4. The van der Waals surface area contributed by atoms with Crippen LogP contribution in [0.5, 0.6) is 0 Å². The average Bonchev–Trinajstić information content (AvgIpc) is 3.08. The molecule has 4 aliphatic heterocycles. The molecule has 7 N–H and O–H groups in total. The lowest BCUT2D eigenvalue weighted by Gasteiger charge is -2.37. The molecule has 10 heteroatoms. The lowest BCUT2D eigenvalue weighted by molar-refractivity contribution is 0.170. The Morgan fingerprint density at radius 2 is 1.94 bits per heavy atom. The highest BCUT2D eigenvalue weighted by Gasteiger charge is 2.35. The van der Waals surface area contributed by atoms with Gasteiger partial charge in [-0.05, 0) is 30.5 Å². The minimum absolute atomic E-state index is 0.154. The normalized spacial score (nSPS) is 24.4. The van der Waals surface area contributed by atoms with E-state index in [-0.39, 0.29) is 17.6 Å². The molecule has 0 amide bonds. The van der Waals surface area contributed by atoms with Gasteiger partial charge in [-0.15, -0.1) is 5.53 Å². The molecule has 0 saturated carbocycles. The number of hydrogen-bond acceptors (Lipinski definition) is 9. The predicted molar refractivity (Wildman–Crippen MR) is 124 cm³/mol. The van der Waals surface area contributed by atoms with Gasteiger partial charge in [0.25, 0.3) is 0 Å². The first-order valence-corrected chi connectivity index (χ1v) is 11.2. The highest BCUT2D eigenvalue weighted by molar-refractivity contribution is 5.92. The number of benzene rings is 1. The van der Waals surface area contributed by atoms with E-state index in [0.29, 0.717) is 6.54 Å². The molecular weight excluding hydrogens is 409 g/mol. The van der Waals surface area contributed by atoms with Crippen LogP contribution >= 0.6 is 0 Å². The van der Waals surface area contributed by atoms with E-state index in [0.717, 1.165) is 61.9 Å². The van der Waals surface area contributed by atoms with Gasteiger partial charge in [0, 0.05) is 63.4 Å². The van der Waals surface area contributed by atoms with Crippen molar-refractivity contribution >= 4 is 17.3 Å². The molecule has 0 aliphatic carbocycles. The fraction of sp³-hybridized carbons (Fsp3) is 0.500. The van der Waals surface area contributed by atoms with Crippen LogP contribution in [0, 0.1) is 11.7 Å². The Morgan fingerprint density at radius 1 is 1.16 bits per heavy atom. The molecule has 1 atom stereocenters. The zero-order valence-corrected chi connectivity index (χ0v) is 18.7. The van der Waals surface area contributed by atoms with Gasteiger partial charge in [0.1, 0.15) is 11.6 Å². The second-order valence-corrected chi connectivity index (χ2v) is 9.02. The first kappa shape index (κ1) is 20.9. The maximum Gasteiger partial charge on any atom is 0.198 e. The Kier molecular flexibility index (Phi) is 5.34. The Bertz CT molecular complexity index is 993. The molecular formula is C22H32FN9. The van der Waals surface area contributed by atoms with Gasteiger partial charge in [-0.25, -0.2) is 9.38 Å². The summed E-state index contributed by atoms with van der Waals surface area (Å²) < 4.78 is 14.4. The maximum atomic E-state index is 14.4. The van der Waals surface area contributed by atoms with Crippen molar-refractivity contribution in [3.8, 4) is 0 Å². The summed E-state index contributed by atoms with van der Waals surface area (Å²) in [6, 6.07) is 5.28. The number of allylic oxidation sites excluding steroid dienone is 1. The van der Waals surface area contributed by atoms with E-state index >= 15 is 0 Å². The van der Waals surface area contributed by atoms with Gasteiger partial charge < -0.3 is 27.0 Å². The van der Waals surface area contributed by atoms with Gasteiger partial charge in [0.05, 0.1) is 17.9 Å². The predicted octanol–water partition coefficient (Wildman–Crippen LogP) is 0.577. The topological polar surface area (TPSA) is 110 Å². The third-order valence-corrected chi connectivity index (χ3v) is 6.85.